The molecule has 0 spiro atoms. The highest BCUT2D eigenvalue weighted by Crippen LogP contribution is 2.21. The molecule has 0 aliphatic heterocycles. The molecule has 0 saturated carbocycles. The number of ether oxygens (including phenoxy) is 1. The van der Waals surface area contributed by atoms with Gasteiger partial charge in [0.2, 0.25) is 0 Å². The molecule has 0 aliphatic carbocycles. The molecule has 2 aromatic carbocycles. The summed E-state index contributed by atoms with van der Waals surface area (Å²) in [6, 6.07) is 13.9. The smallest absolute Gasteiger partial charge is 0.255 e. The Kier molecular flexibility index (Phi) is 9.64. The number of para-hydroxylation sites is 1. The minimum atomic E-state index is -0.498. The van der Waals surface area contributed by atoms with E-state index in [9.17, 15) is 4.79 Å². The number of aromatic nitrogens is 1. The highest BCUT2D eigenvalue weighted by atomic mass is 127. The zero-order chi connectivity index (χ0) is 21.3. The Hall–Kier alpha value is -2.75. The lowest BCUT2D eigenvalue weighted by atomic mass is 10.1. The number of aliphatic imine (C=N–C) groups is 1. The van der Waals surface area contributed by atoms with Crippen LogP contribution in [0.1, 0.15) is 23.6 Å². The summed E-state index contributed by atoms with van der Waals surface area (Å²) in [7, 11) is 0. The van der Waals surface area contributed by atoms with Crippen molar-refractivity contribution >= 4 is 46.7 Å². The van der Waals surface area contributed by atoms with Gasteiger partial charge in [-0.25, -0.2) is 4.99 Å². The number of halogens is 1. The number of carbonyl (C=O) groups is 1. The molecular weight excluding hydrogens is 505 g/mol. The van der Waals surface area contributed by atoms with Gasteiger partial charge in [0.15, 0.2) is 12.6 Å². The Labute approximate surface area is 199 Å². The number of aryl methyl sites for hydroxylation is 1. The quantitative estimate of drug-likeness (QED) is 0.192. The van der Waals surface area contributed by atoms with E-state index in [1.54, 1.807) is 6.07 Å². The number of hydrogen-bond acceptors (Lipinski definition) is 3. The first kappa shape index (κ1) is 24.5. The lowest BCUT2D eigenvalue weighted by Gasteiger charge is -2.11. The van der Waals surface area contributed by atoms with Crippen LogP contribution in [0.15, 0.2) is 53.7 Å². The van der Waals surface area contributed by atoms with E-state index in [4.69, 9.17) is 10.5 Å². The number of nitrogens with two attached hydrogens (primary N) is 1. The Morgan fingerprint density at radius 3 is 2.77 bits per heavy atom. The standard InChI is InChI=1S/C23H29N5O2.HI/c1-3-25-23(28-13-17-7-5-8-19(12-17)30-15-21(24)29)26-11-10-18-14-27-22-16(2)6-4-9-20(18)22;/h4-9,12,14,27H,3,10-11,13,15H2,1-2H3,(H2,24,29)(H2,25,26,28);1H. The van der Waals surface area contributed by atoms with Crippen molar-refractivity contribution in [3.63, 3.8) is 0 Å². The van der Waals surface area contributed by atoms with E-state index in [0.717, 1.165) is 31.0 Å². The average molecular weight is 535 g/mol. The molecule has 0 radical (unpaired) electrons. The van der Waals surface area contributed by atoms with Crippen LogP contribution in [0.25, 0.3) is 10.9 Å². The van der Waals surface area contributed by atoms with E-state index in [2.05, 4.69) is 51.9 Å². The first-order valence-electron chi connectivity index (χ1n) is 10.1. The van der Waals surface area contributed by atoms with Crippen LogP contribution in [-0.4, -0.2) is 36.5 Å². The van der Waals surface area contributed by atoms with Gasteiger partial charge in [-0.15, -0.1) is 24.0 Å². The molecule has 3 aromatic rings. The highest BCUT2D eigenvalue weighted by Gasteiger charge is 2.06. The average Bonchev–Trinajstić information content (AvgIpc) is 3.15. The number of aromatic amines is 1. The minimum absolute atomic E-state index is 0. The van der Waals surface area contributed by atoms with Gasteiger partial charge in [0, 0.05) is 30.2 Å². The van der Waals surface area contributed by atoms with Crippen LogP contribution >= 0.6 is 24.0 Å². The first-order valence-corrected chi connectivity index (χ1v) is 10.1. The van der Waals surface area contributed by atoms with Crippen LogP contribution in [0.4, 0.5) is 0 Å². The number of benzene rings is 2. The fourth-order valence-electron chi connectivity index (χ4n) is 3.29. The van der Waals surface area contributed by atoms with Gasteiger partial charge in [-0.05, 0) is 49.1 Å². The van der Waals surface area contributed by atoms with Crippen molar-refractivity contribution in [3.8, 4) is 5.75 Å². The van der Waals surface area contributed by atoms with Crippen molar-refractivity contribution in [1.82, 2.24) is 15.6 Å². The maximum absolute atomic E-state index is 10.9. The normalized spacial score (nSPS) is 11.1. The number of rotatable bonds is 9. The number of amides is 1. The molecule has 0 fully saturated rings. The van der Waals surface area contributed by atoms with Gasteiger partial charge in [0.1, 0.15) is 5.75 Å². The maximum atomic E-state index is 10.9. The summed E-state index contributed by atoms with van der Waals surface area (Å²) in [6.45, 7) is 6.07. The minimum Gasteiger partial charge on any atom is -0.484 e. The van der Waals surface area contributed by atoms with Gasteiger partial charge in [0.25, 0.3) is 5.91 Å². The van der Waals surface area contributed by atoms with Crippen molar-refractivity contribution in [2.45, 2.75) is 26.8 Å². The number of fused-ring (bicyclic) bond motifs is 1. The first-order chi connectivity index (χ1) is 14.6. The number of nitrogens with zero attached hydrogens (tertiary/aromatic N) is 1. The van der Waals surface area contributed by atoms with E-state index in [-0.39, 0.29) is 30.6 Å². The Bertz CT molecular complexity index is 1030. The summed E-state index contributed by atoms with van der Waals surface area (Å²) in [5, 5.41) is 7.94. The summed E-state index contributed by atoms with van der Waals surface area (Å²) in [5.74, 6) is 0.869. The summed E-state index contributed by atoms with van der Waals surface area (Å²) in [6.07, 6.45) is 2.98. The number of guanidine groups is 1. The molecule has 3 rings (SSSR count). The number of carbonyl (C=O) groups excluding carboxylic acids is 1. The summed E-state index contributed by atoms with van der Waals surface area (Å²) >= 11 is 0. The molecule has 5 N–H and O–H groups in total. The maximum Gasteiger partial charge on any atom is 0.255 e. The third-order valence-corrected chi connectivity index (χ3v) is 4.74. The molecule has 0 saturated heterocycles. The number of hydrogen-bond donors (Lipinski definition) is 4. The summed E-state index contributed by atoms with van der Waals surface area (Å²) in [4.78, 5) is 18.9. The van der Waals surface area contributed by atoms with Gasteiger partial charge in [0.05, 0.1) is 6.54 Å². The Balaban J connectivity index is 0.00000341. The third-order valence-electron chi connectivity index (χ3n) is 4.74. The second kappa shape index (κ2) is 12.2. The zero-order valence-corrected chi connectivity index (χ0v) is 20.2. The molecule has 1 amide bonds. The van der Waals surface area contributed by atoms with Crippen molar-refractivity contribution < 1.29 is 9.53 Å². The molecular formula is C23H30IN5O2. The molecule has 7 nitrogen and oxygen atoms in total. The lowest BCUT2D eigenvalue weighted by Crippen LogP contribution is -2.38. The van der Waals surface area contributed by atoms with Crippen molar-refractivity contribution in [2.24, 2.45) is 10.7 Å². The van der Waals surface area contributed by atoms with Crippen molar-refractivity contribution in [3.05, 3.63) is 65.4 Å². The van der Waals surface area contributed by atoms with Crippen LogP contribution in [0, 0.1) is 6.92 Å². The molecule has 0 bridgehead atoms. The largest absolute Gasteiger partial charge is 0.484 e. The van der Waals surface area contributed by atoms with E-state index >= 15 is 0 Å². The van der Waals surface area contributed by atoms with Crippen LogP contribution in [0.3, 0.4) is 0 Å². The molecule has 1 aromatic heterocycles. The fraction of sp³-hybridized carbons (Fsp3) is 0.304. The van der Waals surface area contributed by atoms with E-state index in [1.165, 1.54) is 22.0 Å². The summed E-state index contributed by atoms with van der Waals surface area (Å²) in [5.41, 5.74) is 9.85. The van der Waals surface area contributed by atoms with E-state index in [1.807, 2.05) is 25.1 Å². The molecule has 31 heavy (non-hydrogen) atoms. The molecule has 8 heteroatoms. The second-order valence-corrected chi connectivity index (χ2v) is 7.09. The van der Waals surface area contributed by atoms with Crippen LogP contribution in [0.5, 0.6) is 5.75 Å². The van der Waals surface area contributed by atoms with E-state index in [0.29, 0.717) is 12.3 Å². The lowest BCUT2D eigenvalue weighted by molar-refractivity contribution is -0.119. The summed E-state index contributed by atoms with van der Waals surface area (Å²) < 4.78 is 5.35. The van der Waals surface area contributed by atoms with Crippen molar-refractivity contribution in [2.75, 3.05) is 19.7 Å². The van der Waals surface area contributed by atoms with Gasteiger partial charge in [-0.3, -0.25) is 4.79 Å². The molecule has 0 unspecified atom stereocenters. The SMILES string of the molecule is CCNC(=NCc1cccc(OCC(N)=O)c1)NCCc1c[nH]c2c(C)cccc12.I. The predicted octanol–water partition coefficient (Wildman–Crippen LogP) is 3.26. The fourth-order valence-corrected chi connectivity index (χ4v) is 3.29. The van der Waals surface area contributed by atoms with E-state index < -0.39 is 5.91 Å². The third kappa shape index (κ3) is 7.16. The van der Waals surface area contributed by atoms with Gasteiger partial charge >= 0.3 is 0 Å². The predicted molar refractivity (Wildman–Crippen MR) is 136 cm³/mol. The topological polar surface area (TPSA) is 105 Å². The number of H-pyrrole nitrogens is 1. The number of nitrogens with one attached hydrogen (secondary N) is 3. The van der Waals surface area contributed by atoms with Crippen molar-refractivity contribution in [1.29, 1.82) is 0 Å². The molecule has 0 aliphatic rings. The molecule has 166 valence electrons. The Morgan fingerprint density at radius 1 is 1.19 bits per heavy atom. The van der Waals surface area contributed by atoms with Crippen LogP contribution in [0.2, 0.25) is 0 Å². The highest BCUT2D eigenvalue weighted by molar-refractivity contribution is 14.0. The number of primary amides is 1. The van der Waals surface area contributed by atoms with Gasteiger partial charge in [-0.1, -0.05) is 30.3 Å². The van der Waals surface area contributed by atoms with Gasteiger partial charge in [-0.2, -0.15) is 0 Å². The zero-order valence-electron chi connectivity index (χ0n) is 17.9. The molecule has 0 atom stereocenters. The second-order valence-electron chi connectivity index (χ2n) is 7.09. The molecule has 1 heterocycles. The van der Waals surface area contributed by atoms with Crippen LogP contribution in [-0.2, 0) is 17.8 Å². The van der Waals surface area contributed by atoms with Gasteiger partial charge < -0.3 is 26.1 Å². The van der Waals surface area contributed by atoms with Crippen LogP contribution < -0.4 is 21.1 Å². The Morgan fingerprint density at radius 2 is 2.00 bits per heavy atom. The monoisotopic (exact) mass is 535 g/mol.